The summed E-state index contributed by atoms with van der Waals surface area (Å²) in [5.41, 5.74) is 3.73. The van der Waals surface area contributed by atoms with Gasteiger partial charge in [-0.25, -0.2) is 13.8 Å². The fourth-order valence-electron chi connectivity index (χ4n) is 5.14. The molecule has 2 amide bonds. The zero-order chi connectivity index (χ0) is 29.0. The summed E-state index contributed by atoms with van der Waals surface area (Å²) in [6.45, 7) is 5.13. The minimum Gasteiger partial charge on any atom is -0.309 e. The van der Waals surface area contributed by atoms with Crippen molar-refractivity contribution in [3.8, 4) is 11.1 Å². The van der Waals surface area contributed by atoms with Crippen molar-refractivity contribution in [2.45, 2.75) is 57.3 Å². The van der Waals surface area contributed by atoms with E-state index in [1.807, 2.05) is 55.1 Å². The molecule has 2 fully saturated rings. The average Bonchev–Trinajstić information content (AvgIpc) is 3.69. The van der Waals surface area contributed by atoms with Gasteiger partial charge in [-0.05, 0) is 42.0 Å². The van der Waals surface area contributed by atoms with E-state index < -0.39 is 5.92 Å². The predicted octanol–water partition coefficient (Wildman–Crippen LogP) is 5.95. The molecule has 8 nitrogen and oxygen atoms in total. The highest BCUT2D eigenvalue weighted by Gasteiger charge is 2.33. The van der Waals surface area contributed by atoms with E-state index in [0.29, 0.717) is 37.2 Å². The predicted molar refractivity (Wildman–Crippen MR) is 155 cm³/mol. The molecule has 5 rings (SSSR count). The number of pyridine rings is 1. The van der Waals surface area contributed by atoms with Crippen LogP contribution in [0.1, 0.15) is 62.6 Å². The van der Waals surface area contributed by atoms with E-state index in [1.165, 1.54) is 6.08 Å². The number of nitrogens with one attached hydrogen (secondary N) is 3. The van der Waals surface area contributed by atoms with E-state index in [-0.39, 0.29) is 36.5 Å². The van der Waals surface area contributed by atoms with E-state index in [4.69, 9.17) is 0 Å². The topological polar surface area (TPSA) is 103 Å². The van der Waals surface area contributed by atoms with Crippen molar-refractivity contribution in [1.82, 2.24) is 20.1 Å². The summed E-state index contributed by atoms with van der Waals surface area (Å²) < 4.78 is 26.6. The normalized spacial score (nSPS) is 18.0. The highest BCUT2D eigenvalue weighted by Crippen LogP contribution is 2.39. The van der Waals surface area contributed by atoms with Crippen LogP contribution in [0.5, 0.6) is 0 Å². The second kappa shape index (κ2) is 12.3. The maximum absolute atomic E-state index is 13.3. The number of hydrogen-bond donors (Lipinski definition) is 3. The molecule has 1 aromatic carbocycles. The first-order valence-corrected chi connectivity index (χ1v) is 14.2. The summed E-state index contributed by atoms with van der Waals surface area (Å²) in [6.07, 6.45) is 6.77. The minimum atomic E-state index is -2.58. The molecule has 1 aliphatic carbocycles. The molecule has 2 aliphatic rings. The van der Waals surface area contributed by atoms with E-state index in [1.54, 1.807) is 18.3 Å². The Kier molecular flexibility index (Phi) is 8.58. The number of likely N-dealkylation sites (tertiary alicyclic amines) is 1. The van der Waals surface area contributed by atoms with Gasteiger partial charge < -0.3 is 10.6 Å². The van der Waals surface area contributed by atoms with Gasteiger partial charge in [0.1, 0.15) is 5.82 Å². The van der Waals surface area contributed by atoms with Crippen molar-refractivity contribution in [3.63, 3.8) is 0 Å². The molecule has 1 atom stereocenters. The van der Waals surface area contributed by atoms with Crippen molar-refractivity contribution < 1.29 is 18.4 Å². The highest BCUT2D eigenvalue weighted by atomic mass is 19.3. The summed E-state index contributed by atoms with van der Waals surface area (Å²) in [5, 5.41) is 13.0. The van der Waals surface area contributed by atoms with Crippen LogP contribution in [0.25, 0.3) is 11.1 Å². The largest absolute Gasteiger partial charge is 0.309 e. The Balaban J connectivity index is 1.18. The van der Waals surface area contributed by atoms with Crippen molar-refractivity contribution in [1.29, 1.82) is 0 Å². The number of carbonyl (C=O) groups is 2. The van der Waals surface area contributed by atoms with Gasteiger partial charge >= 0.3 is 0 Å². The van der Waals surface area contributed by atoms with Crippen molar-refractivity contribution in [2.75, 3.05) is 30.3 Å². The van der Waals surface area contributed by atoms with Crippen LogP contribution in [-0.4, -0.2) is 57.5 Å². The maximum Gasteiger partial charge on any atom is 0.250 e. The summed E-state index contributed by atoms with van der Waals surface area (Å²) in [7, 11) is 0. The monoisotopic (exact) mass is 562 g/mol. The van der Waals surface area contributed by atoms with Crippen LogP contribution in [0, 0.1) is 5.92 Å². The molecule has 3 heterocycles. The third-order valence-corrected chi connectivity index (χ3v) is 7.63. The molecule has 3 aromatic rings. The molecule has 1 saturated heterocycles. The molecule has 2 aromatic heterocycles. The fourth-order valence-corrected chi connectivity index (χ4v) is 5.14. The molecule has 216 valence electrons. The number of anilines is 2. The standard InChI is InChI=1S/C31H36F2N6O2/c1-20(2)29(30(41)36-27-18-25(37-38-27)21-8-9-21)23-6-3-5-22(17-23)24-10-11-26(34-19-24)35-28(40)7-4-14-39-15-12-31(32,33)13-16-39/h3-7,10-11,17-21,29H,8-9,12-16H2,1-2H3,(H,34,35,40)(H2,36,37,38,41)/b7-4+. The maximum atomic E-state index is 13.3. The molecule has 1 saturated carbocycles. The van der Waals surface area contributed by atoms with Crippen molar-refractivity contribution >= 4 is 23.5 Å². The number of rotatable bonds is 10. The molecule has 0 spiro atoms. The summed E-state index contributed by atoms with van der Waals surface area (Å²) >= 11 is 0. The smallest absolute Gasteiger partial charge is 0.250 e. The van der Waals surface area contributed by atoms with Crippen LogP contribution in [0.4, 0.5) is 20.4 Å². The summed E-state index contributed by atoms with van der Waals surface area (Å²) in [4.78, 5) is 31.9. The third kappa shape index (κ3) is 7.64. The van der Waals surface area contributed by atoms with Crippen LogP contribution in [-0.2, 0) is 9.59 Å². The zero-order valence-electron chi connectivity index (χ0n) is 23.4. The van der Waals surface area contributed by atoms with Gasteiger partial charge in [0, 0.05) is 68.0 Å². The number of carbonyl (C=O) groups excluding carboxylic acids is 2. The molecule has 3 N–H and O–H groups in total. The number of aromatic amines is 1. The molecule has 0 bridgehead atoms. The van der Waals surface area contributed by atoms with Crippen LogP contribution in [0.15, 0.2) is 60.8 Å². The number of amides is 2. The Hall–Kier alpha value is -3.92. The summed E-state index contributed by atoms with van der Waals surface area (Å²) in [6, 6.07) is 13.4. The number of nitrogens with zero attached hydrogens (tertiary/aromatic N) is 3. The molecular formula is C31H36F2N6O2. The Morgan fingerprint density at radius 1 is 1.07 bits per heavy atom. The number of piperidine rings is 1. The van der Waals surface area contributed by atoms with Gasteiger partial charge in [0.25, 0.3) is 5.92 Å². The molecule has 41 heavy (non-hydrogen) atoms. The van der Waals surface area contributed by atoms with E-state index in [9.17, 15) is 18.4 Å². The van der Waals surface area contributed by atoms with Gasteiger partial charge in [-0.3, -0.25) is 19.6 Å². The first-order valence-electron chi connectivity index (χ1n) is 14.2. The third-order valence-electron chi connectivity index (χ3n) is 7.63. The average molecular weight is 563 g/mol. The van der Waals surface area contributed by atoms with Gasteiger partial charge in [0.2, 0.25) is 11.8 Å². The second-order valence-corrected chi connectivity index (χ2v) is 11.3. The summed E-state index contributed by atoms with van der Waals surface area (Å²) in [5.74, 6) is -1.84. The number of halogens is 2. The SMILES string of the molecule is CC(C)C(C(=O)Nc1cc(C2CC2)[nH]n1)c1cccc(-c2ccc(NC(=O)/C=C/CN3CCC(F)(F)CC3)nc2)c1. The van der Waals surface area contributed by atoms with E-state index in [2.05, 4.69) is 25.8 Å². The number of alkyl halides is 2. The Morgan fingerprint density at radius 2 is 1.85 bits per heavy atom. The van der Waals surface area contributed by atoms with Crippen LogP contribution in [0.2, 0.25) is 0 Å². The van der Waals surface area contributed by atoms with E-state index >= 15 is 0 Å². The van der Waals surface area contributed by atoms with Crippen LogP contribution < -0.4 is 10.6 Å². The van der Waals surface area contributed by atoms with Crippen molar-refractivity contribution in [3.05, 3.63) is 72.1 Å². The number of benzene rings is 1. The molecule has 0 radical (unpaired) electrons. The first kappa shape index (κ1) is 28.6. The number of H-pyrrole nitrogens is 1. The van der Waals surface area contributed by atoms with Crippen molar-refractivity contribution in [2.24, 2.45) is 5.92 Å². The lowest BCUT2D eigenvalue weighted by Crippen LogP contribution is -2.39. The lowest BCUT2D eigenvalue weighted by Gasteiger charge is -2.30. The van der Waals surface area contributed by atoms with Gasteiger partial charge in [0.15, 0.2) is 5.82 Å². The first-order chi connectivity index (χ1) is 19.7. The molecule has 1 aliphatic heterocycles. The lowest BCUT2D eigenvalue weighted by atomic mass is 9.86. The minimum absolute atomic E-state index is 0.0618. The molecular weight excluding hydrogens is 526 g/mol. The van der Waals surface area contributed by atoms with Gasteiger partial charge in [-0.2, -0.15) is 5.10 Å². The Morgan fingerprint density at radius 3 is 2.54 bits per heavy atom. The Bertz CT molecular complexity index is 1390. The Labute approximate surface area is 238 Å². The second-order valence-electron chi connectivity index (χ2n) is 11.3. The highest BCUT2D eigenvalue weighted by molar-refractivity contribution is 5.98. The molecule has 1 unspecified atom stereocenters. The quantitative estimate of drug-likeness (QED) is 0.265. The number of aromatic nitrogens is 3. The molecule has 10 heteroatoms. The number of hydrogen-bond acceptors (Lipinski definition) is 5. The van der Waals surface area contributed by atoms with Crippen LogP contribution >= 0.6 is 0 Å². The lowest BCUT2D eigenvalue weighted by molar-refractivity contribution is -0.118. The van der Waals surface area contributed by atoms with Gasteiger partial charge in [-0.15, -0.1) is 0 Å². The van der Waals surface area contributed by atoms with Crippen LogP contribution in [0.3, 0.4) is 0 Å². The fraction of sp³-hybridized carbons (Fsp3) is 0.419. The van der Waals surface area contributed by atoms with Gasteiger partial charge in [0.05, 0.1) is 5.92 Å². The zero-order valence-corrected chi connectivity index (χ0v) is 23.4. The van der Waals surface area contributed by atoms with E-state index in [0.717, 1.165) is 35.2 Å². The van der Waals surface area contributed by atoms with Gasteiger partial charge in [-0.1, -0.05) is 44.2 Å².